The number of benzene rings is 1. The minimum absolute atomic E-state index is 0.458. The number of nitrogens with one attached hydrogen (secondary N) is 2. The summed E-state index contributed by atoms with van der Waals surface area (Å²) in [5, 5.41) is 2.41. The fourth-order valence-electron chi connectivity index (χ4n) is 5.18. The molecular formula is C20H28N4O3S. The van der Waals surface area contributed by atoms with Crippen molar-refractivity contribution in [1.29, 1.82) is 0 Å². The third-order valence-corrected chi connectivity index (χ3v) is 8.47. The van der Waals surface area contributed by atoms with E-state index in [4.69, 9.17) is 0 Å². The van der Waals surface area contributed by atoms with Gasteiger partial charge in [-0.25, -0.2) is 17.9 Å². The molecule has 7 nitrogen and oxygen atoms in total. The second-order valence-electron chi connectivity index (χ2n) is 8.79. The Morgan fingerprint density at radius 2 is 1.61 bits per heavy atom. The SMILES string of the molecule is CN1CC(N2CC(S(=O)(=O)NC(=O)Nc3c4c(cc5c3CCC5)CCC4)C2)C1. The van der Waals surface area contributed by atoms with E-state index in [0.717, 1.165) is 57.3 Å². The van der Waals surface area contributed by atoms with Crippen LogP contribution in [0.15, 0.2) is 6.07 Å². The molecule has 2 aliphatic heterocycles. The zero-order chi connectivity index (χ0) is 19.5. The van der Waals surface area contributed by atoms with E-state index in [-0.39, 0.29) is 0 Å². The second-order valence-corrected chi connectivity index (χ2v) is 10.7. The number of carbonyl (C=O) groups is 1. The second kappa shape index (κ2) is 6.71. The highest BCUT2D eigenvalue weighted by molar-refractivity contribution is 7.90. The summed E-state index contributed by atoms with van der Waals surface area (Å²) in [4.78, 5) is 17.0. The monoisotopic (exact) mass is 404 g/mol. The summed E-state index contributed by atoms with van der Waals surface area (Å²) in [5.41, 5.74) is 5.93. The van der Waals surface area contributed by atoms with Gasteiger partial charge in [-0.05, 0) is 67.8 Å². The number of rotatable bonds is 4. The van der Waals surface area contributed by atoms with Crippen molar-refractivity contribution in [2.24, 2.45) is 0 Å². The Kier molecular flexibility index (Phi) is 4.41. The van der Waals surface area contributed by atoms with E-state index < -0.39 is 21.3 Å². The molecule has 2 heterocycles. The molecule has 152 valence electrons. The Morgan fingerprint density at radius 3 is 2.18 bits per heavy atom. The van der Waals surface area contributed by atoms with Crippen LogP contribution in [-0.2, 0) is 35.7 Å². The molecule has 5 rings (SSSR count). The van der Waals surface area contributed by atoms with Crippen LogP contribution in [0.2, 0.25) is 0 Å². The number of fused-ring (bicyclic) bond motifs is 2. The molecule has 1 aromatic carbocycles. The number of urea groups is 1. The van der Waals surface area contributed by atoms with E-state index in [1.54, 1.807) is 0 Å². The van der Waals surface area contributed by atoms with Crippen molar-refractivity contribution in [3.8, 4) is 0 Å². The van der Waals surface area contributed by atoms with Crippen molar-refractivity contribution >= 4 is 21.7 Å². The van der Waals surface area contributed by atoms with Gasteiger partial charge in [0.05, 0.1) is 0 Å². The van der Waals surface area contributed by atoms with E-state index in [1.165, 1.54) is 22.3 Å². The first-order chi connectivity index (χ1) is 13.4. The molecule has 28 heavy (non-hydrogen) atoms. The van der Waals surface area contributed by atoms with Gasteiger partial charge in [0.2, 0.25) is 10.0 Å². The van der Waals surface area contributed by atoms with E-state index >= 15 is 0 Å². The van der Waals surface area contributed by atoms with Crippen LogP contribution < -0.4 is 10.0 Å². The molecule has 1 aromatic rings. The van der Waals surface area contributed by atoms with Gasteiger partial charge in [0, 0.05) is 37.9 Å². The predicted octanol–water partition coefficient (Wildman–Crippen LogP) is 1.11. The van der Waals surface area contributed by atoms with Crippen LogP contribution in [0.5, 0.6) is 0 Å². The molecule has 0 radical (unpaired) electrons. The van der Waals surface area contributed by atoms with E-state index in [0.29, 0.717) is 19.1 Å². The van der Waals surface area contributed by atoms with Gasteiger partial charge in [-0.15, -0.1) is 0 Å². The van der Waals surface area contributed by atoms with Crippen LogP contribution in [0.3, 0.4) is 0 Å². The van der Waals surface area contributed by atoms with Crippen molar-refractivity contribution < 1.29 is 13.2 Å². The summed E-state index contributed by atoms with van der Waals surface area (Å²) in [7, 11) is -1.59. The average Bonchev–Trinajstić information content (AvgIpc) is 3.19. The zero-order valence-corrected chi connectivity index (χ0v) is 17.1. The van der Waals surface area contributed by atoms with Crippen molar-refractivity contribution in [2.75, 3.05) is 38.5 Å². The van der Waals surface area contributed by atoms with Gasteiger partial charge >= 0.3 is 6.03 Å². The molecule has 0 unspecified atom stereocenters. The quantitative estimate of drug-likeness (QED) is 0.786. The number of sulfonamides is 1. The van der Waals surface area contributed by atoms with Crippen LogP contribution in [0.25, 0.3) is 0 Å². The Bertz CT molecular complexity index is 886. The molecule has 0 bridgehead atoms. The van der Waals surface area contributed by atoms with Crippen molar-refractivity contribution in [2.45, 2.75) is 49.8 Å². The van der Waals surface area contributed by atoms with Crippen LogP contribution in [0.1, 0.15) is 35.1 Å². The molecule has 8 heteroatoms. The normalized spacial score (nSPS) is 23.0. The lowest BCUT2D eigenvalue weighted by molar-refractivity contribution is 0.0163. The number of carbonyl (C=O) groups excluding carboxylic acids is 1. The maximum absolute atomic E-state index is 12.6. The largest absolute Gasteiger partial charge is 0.332 e. The van der Waals surface area contributed by atoms with Crippen LogP contribution in [0.4, 0.5) is 10.5 Å². The van der Waals surface area contributed by atoms with Gasteiger partial charge < -0.3 is 10.2 Å². The van der Waals surface area contributed by atoms with Gasteiger partial charge in [0.15, 0.2) is 0 Å². The summed E-state index contributed by atoms with van der Waals surface area (Å²) in [5.74, 6) is 0. The van der Waals surface area contributed by atoms with Crippen molar-refractivity contribution in [3.05, 3.63) is 28.3 Å². The molecule has 0 spiro atoms. The Hall–Kier alpha value is -1.64. The molecule has 0 aromatic heterocycles. The first-order valence-electron chi connectivity index (χ1n) is 10.3. The van der Waals surface area contributed by atoms with Crippen LogP contribution >= 0.6 is 0 Å². The van der Waals surface area contributed by atoms with E-state index in [2.05, 4.69) is 33.0 Å². The lowest BCUT2D eigenvalue weighted by atomic mass is 9.99. The molecule has 2 fully saturated rings. The van der Waals surface area contributed by atoms with Gasteiger partial charge in [0.1, 0.15) is 5.25 Å². The smallest absolute Gasteiger partial charge is 0.307 e. The summed E-state index contributed by atoms with van der Waals surface area (Å²) in [6.45, 7) is 3.00. The van der Waals surface area contributed by atoms with Crippen molar-refractivity contribution in [1.82, 2.24) is 14.5 Å². The highest BCUT2D eigenvalue weighted by Crippen LogP contribution is 2.38. The maximum atomic E-state index is 12.6. The number of anilines is 1. The van der Waals surface area contributed by atoms with Crippen molar-refractivity contribution in [3.63, 3.8) is 0 Å². The predicted molar refractivity (Wildman–Crippen MR) is 108 cm³/mol. The Labute approximate surface area is 166 Å². The van der Waals surface area contributed by atoms with Crippen LogP contribution in [-0.4, -0.2) is 68.8 Å². The molecule has 2 aliphatic carbocycles. The number of hydrogen-bond donors (Lipinski definition) is 2. The first-order valence-corrected chi connectivity index (χ1v) is 11.9. The number of likely N-dealkylation sites (N-methyl/N-ethyl adjacent to an activating group) is 1. The fourth-order valence-corrected chi connectivity index (χ4v) is 6.43. The first kappa shape index (κ1) is 18.4. The summed E-state index contributed by atoms with van der Waals surface area (Å²) in [6, 6.07) is 2.14. The summed E-state index contributed by atoms with van der Waals surface area (Å²) < 4.78 is 27.5. The van der Waals surface area contributed by atoms with Gasteiger partial charge in [-0.3, -0.25) is 4.90 Å². The van der Waals surface area contributed by atoms with Gasteiger partial charge in [-0.1, -0.05) is 6.07 Å². The van der Waals surface area contributed by atoms with Crippen LogP contribution in [0, 0.1) is 0 Å². The molecule has 2 saturated heterocycles. The molecular weight excluding hydrogens is 376 g/mol. The molecule has 4 aliphatic rings. The number of amides is 2. The van der Waals surface area contributed by atoms with E-state index in [1.807, 2.05) is 0 Å². The number of likely N-dealkylation sites (tertiary alicyclic amines) is 2. The molecule has 0 atom stereocenters. The number of nitrogens with zero attached hydrogens (tertiary/aromatic N) is 2. The lowest BCUT2D eigenvalue weighted by Gasteiger charge is -2.50. The molecule has 0 saturated carbocycles. The minimum Gasteiger partial charge on any atom is -0.307 e. The number of aryl methyl sites for hydroxylation is 2. The minimum atomic E-state index is -3.65. The Balaban J connectivity index is 1.25. The summed E-state index contributed by atoms with van der Waals surface area (Å²) >= 11 is 0. The highest BCUT2D eigenvalue weighted by Gasteiger charge is 2.43. The fraction of sp³-hybridized carbons (Fsp3) is 0.650. The third kappa shape index (κ3) is 3.11. The topological polar surface area (TPSA) is 81.8 Å². The van der Waals surface area contributed by atoms with E-state index in [9.17, 15) is 13.2 Å². The zero-order valence-electron chi connectivity index (χ0n) is 16.3. The standard InChI is InChI=1S/C20H28N4O3S/c1-23-9-15(10-23)24-11-16(12-24)28(26,27)22-20(25)21-19-17-6-2-4-13(17)8-14-5-3-7-18(14)19/h8,15-16H,2-7,9-12H2,1H3,(H2,21,22,25). The maximum Gasteiger partial charge on any atom is 0.332 e. The average molecular weight is 405 g/mol. The highest BCUT2D eigenvalue weighted by atomic mass is 32.2. The third-order valence-electron chi connectivity index (χ3n) is 6.82. The molecule has 2 N–H and O–H groups in total. The summed E-state index contributed by atoms with van der Waals surface area (Å²) in [6.07, 6.45) is 6.20. The Morgan fingerprint density at radius 1 is 1.00 bits per heavy atom. The molecule has 2 amide bonds. The lowest BCUT2D eigenvalue weighted by Crippen LogP contribution is -2.68. The van der Waals surface area contributed by atoms with Gasteiger partial charge in [-0.2, -0.15) is 0 Å². The van der Waals surface area contributed by atoms with Gasteiger partial charge in [0.25, 0.3) is 0 Å². The number of hydrogen-bond acceptors (Lipinski definition) is 5.